The van der Waals surface area contributed by atoms with E-state index < -0.39 is 0 Å². The molecule has 1 amide bonds. The molecule has 3 aliphatic rings. The highest BCUT2D eigenvalue weighted by molar-refractivity contribution is 5.99. The number of aliphatic hydroxyl groups is 1. The van der Waals surface area contributed by atoms with Gasteiger partial charge >= 0.3 is 6.02 Å². The molecule has 10 heteroatoms. The molecule has 0 saturated carbocycles. The number of nitrogens with zero attached hydrogens (tertiary/aromatic N) is 4. The largest absolute Gasteiger partial charge is 0.461 e. The lowest BCUT2D eigenvalue weighted by molar-refractivity contribution is -0.118. The lowest BCUT2D eigenvalue weighted by Gasteiger charge is -2.34. The second-order valence-electron chi connectivity index (χ2n) is 11.7. The number of likely N-dealkylation sites (tertiary alicyclic amines) is 1. The molecule has 2 saturated heterocycles. The third-order valence-electron chi connectivity index (χ3n) is 8.00. The second-order valence-corrected chi connectivity index (χ2v) is 11.7. The number of hydrogen-bond donors (Lipinski definition) is 3. The van der Waals surface area contributed by atoms with Gasteiger partial charge in [0.15, 0.2) is 0 Å². The van der Waals surface area contributed by atoms with Gasteiger partial charge in [0.1, 0.15) is 23.8 Å². The highest BCUT2D eigenvalue weighted by Crippen LogP contribution is 2.33. The van der Waals surface area contributed by atoms with Gasteiger partial charge in [0.2, 0.25) is 0 Å². The first kappa shape index (κ1) is 28.3. The summed E-state index contributed by atoms with van der Waals surface area (Å²) < 4.78 is 12.3. The predicted octanol–water partition coefficient (Wildman–Crippen LogP) is 4.04. The minimum absolute atomic E-state index is 0.0407. The van der Waals surface area contributed by atoms with Gasteiger partial charge in [0.05, 0.1) is 18.3 Å². The van der Waals surface area contributed by atoms with E-state index in [4.69, 9.17) is 14.5 Å². The molecule has 0 radical (unpaired) electrons. The summed E-state index contributed by atoms with van der Waals surface area (Å²) in [6.45, 7) is 7.89. The van der Waals surface area contributed by atoms with Crippen molar-refractivity contribution in [3.8, 4) is 0 Å². The lowest BCUT2D eigenvalue weighted by Crippen LogP contribution is -2.38. The monoisotopic (exact) mass is 550 g/mol. The lowest BCUT2D eigenvalue weighted by atomic mass is 9.89. The molecule has 0 bridgehead atoms. The van der Waals surface area contributed by atoms with E-state index >= 15 is 0 Å². The van der Waals surface area contributed by atoms with Crippen LogP contribution in [0.5, 0.6) is 0 Å². The number of carbonyl (C=O) groups is 1. The molecular formula is C30H42N6O4. The van der Waals surface area contributed by atoms with Crippen molar-refractivity contribution in [1.29, 1.82) is 0 Å². The Balaban J connectivity index is 1.32. The van der Waals surface area contributed by atoms with Crippen LogP contribution < -0.4 is 5.32 Å². The smallest absolute Gasteiger partial charge is 0.318 e. The van der Waals surface area contributed by atoms with Crippen molar-refractivity contribution in [2.45, 2.75) is 89.4 Å². The van der Waals surface area contributed by atoms with Gasteiger partial charge in [-0.05, 0) is 82.9 Å². The zero-order valence-electron chi connectivity index (χ0n) is 23.9. The summed E-state index contributed by atoms with van der Waals surface area (Å²) >= 11 is 0. The van der Waals surface area contributed by atoms with Gasteiger partial charge in [0.25, 0.3) is 5.91 Å². The van der Waals surface area contributed by atoms with Crippen molar-refractivity contribution in [1.82, 2.24) is 20.2 Å². The average molecular weight is 551 g/mol. The number of aliphatic hydroxyl groups excluding tert-OH is 1. The summed E-state index contributed by atoms with van der Waals surface area (Å²) in [7, 11) is 0. The summed E-state index contributed by atoms with van der Waals surface area (Å²) in [6, 6.07) is 3.95. The summed E-state index contributed by atoms with van der Waals surface area (Å²) in [6.07, 6.45) is 12.0. The first-order valence-electron chi connectivity index (χ1n) is 14.6. The van der Waals surface area contributed by atoms with Gasteiger partial charge in [-0.2, -0.15) is 9.98 Å². The Morgan fingerprint density at radius 2 is 2.12 bits per heavy atom. The number of carbonyl (C=O) groups excluding carboxylic acids is 1. The topological polar surface area (TPSA) is 124 Å². The predicted molar refractivity (Wildman–Crippen MR) is 155 cm³/mol. The normalized spacial score (nSPS) is 26.9. The maximum Gasteiger partial charge on any atom is 0.318 e. The van der Waals surface area contributed by atoms with E-state index in [1.54, 1.807) is 6.92 Å². The maximum absolute atomic E-state index is 12.9. The van der Waals surface area contributed by atoms with Gasteiger partial charge < -0.3 is 29.8 Å². The first-order chi connectivity index (χ1) is 19.3. The number of allylic oxidation sites excluding steroid dienone is 1. The minimum Gasteiger partial charge on any atom is -0.461 e. The minimum atomic E-state index is -0.372. The van der Waals surface area contributed by atoms with E-state index in [0.717, 1.165) is 63.1 Å². The Morgan fingerprint density at radius 3 is 2.88 bits per heavy atom. The van der Waals surface area contributed by atoms with E-state index in [2.05, 4.69) is 51.3 Å². The molecule has 10 nitrogen and oxygen atoms in total. The van der Waals surface area contributed by atoms with Gasteiger partial charge in [-0.3, -0.25) is 4.79 Å². The number of ether oxygens (including phenoxy) is 2. The number of aliphatic imine (C=N–C) groups is 2. The van der Waals surface area contributed by atoms with Crippen LogP contribution in [-0.4, -0.2) is 81.8 Å². The zero-order valence-corrected chi connectivity index (χ0v) is 23.9. The third kappa shape index (κ3) is 6.90. The van der Waals surface area contributed by atoms with Crippen LogP contribution in [0.4, 0.5) is 0 Å². The Kier molecular flexibility index (Phi) is 8.85. The molecule has 40 heavy (non-hydrogen) atoms. The van der Waals surface area contributed by atoms with Crippen LogP contribution in [0.3, 0.4) is 0 Å². The SMILES string of the molecule is C[C@H](CO)NC(=O)C1=C/CCC/C(N2CCC(c3c[nH]c4ncccc34)CC2)=N/C(OC[C@H]2CCC(C)(C)O2)=N\1. The zero-order chi connectivity index (χ0) is 28.1. The number of amidine groups is 2. The number of fused-ring (bicyclic) bond motifs is 1. The fraction of sp³-hybridized carbons (Fsp3) is 0.600. The summed E-state index contributed by atoms with van der Waals surface area (Å²) in [4.78, 5) is 32.5. The molecule has 5 rings (SSSR count). The number of amides is 1. The summed E-state index contributed by atoms with van der Waals surface area (Å²) in [5, 5.41) is 13.4. The van der Waals surface area contributed by atoms with Crippen molar-refractivity contribution >= 4 is 28.8 Å². The molecule has 0 aromatic carbocycles. The van der Waals surface area contributed by atoms with Gasteiger partial charge in [-0.25, -0.2) is 4.98 Å². The van der Waals surface area contributed by atoms with Gasteiger partial charge in [-0.15, -0.1) is 0 Å². The number of pyridine rings is 1. The van der Waals surface area contributed by atoms with E-state index in [1.165, 1.54) is 10.9 Å². The first-order valence-corrected chi connectivity index (χ1v) is 14.6. The van der Waals surface area contributed by atoms with Crippen LogP contribution in [0.15, 0.2) is 46.3 Å². The number of aromatic amines is 1. The number of piperidine rings is 1. The molecule has 0 unspecified atom stereocenters. The van der Waals surface area contributed by atoms with Crippen molar-refractivity contribution in [2.75, 3.05) is 26.3 Å². The van der Waals surface area contributed by atoms with Crippen molar-refractivity contribution in [3.05, 3.63) is 41.9 Å². The van der Waals surface area contributed by atoms with E-state index in [9.17, 15) is 9.90 Å². The van der Waals surface area contributed by atoms with Crippen LogP contribution in [0, 0.1) is 0 Å². The average Bonchev–Trinajstić information content (AvgIpc) is 3.56. The molecule has 0 spiro atoms. The number of H-pyrrole nitrogens is 1. The Hall–Kier alpha value is -3.24. The van der Waals surface area contributed by atoms with Gasteiger partial charge in [0, 0.05) is 43.3 Å². The molecule has 2 aromatic heterocycles. The fourth-order valence-corrected chi connectivity index (χ4v) is 5.75. The Bertz CT molecular complexity index is 1270. The number of hydrogen-bond acceptors (Lipinski definition) is 8. The molecule has 216 valence electrons. The molecule has 2 fully saturated rings. The van der Waals surface area contributed by atoms with Gasteiger partial charge in [-0.1, -0.05) is 6.08 Å². The Labute approximate surface area is 236 Å². The van der Waals surface area contributed by atoms with Crippen molar-refractivity contribution in [2.24, 2.45) is 9.98 Å². The number of nitrogens with one attached hydrogen (secondary N) is 2. The molecular weight excluding hydrogens is 508 g/mol. The van der Waals surface area contributed by atoms with Crippen LogP contribution in [0.1, 0.15) is 77.2 Å². The standard InChI is InChI=1S/C30H42N6O4/c1-20(18-37)33-28(38)25-8-4-5-9-26(35-29(34-25)39-19-22-10-13-30(2,3)40-22)36-15-11-21(12-16-36)24-17-32-27-23(24)7-6-14-31-27/h6-8,14,17,20-22,37H,4-5,9-13,15-16,18-19H2,1-3H3,(H,31,32)(H,33,38)/b25-8-,34-29+,35-26-/t20-,22-/m1/s1. The van der Waals surface area contributed by atoms with Crippen LogP contribution in [0.25, 0.3) is 11.0 Å². The second kappa shape index (κ2) is 12.5. The summed E-state index contributed by atoms with van der Waals surface area (Å²) in [5.41, 5.74) is 2.37. The Morgan fingerprint density at radius 1 is 1.30 bits per heavy atom. The molecule has 0 aliphatic carbocycles. The highest BCUT2D eigenvalue weighted by atomic mass is 16.6. The molecule has 3 N–H and O–H groups in total. The number of aromatic nitrogens is 2. The number of rotatable bonds is 6. The molecule has 3 aliphatic heterocycles. The third-order valence-corrected chi connectivity index (χ3v) is 8.00. The van der Waals surface area contributed by atoms with Crippen LogP contribution in [-0.2, 0) is 14.3 Å². The quantitative estimate of drug-likeness (QED) is 0.499. The van der Waals surface area contributed by atoms with Crippen LogP contribution in [0.2, 0.25) is 0 Å². The fourth-order valence-electron chi connectivity index (χ4n) is 5.75. The summed E-state index contributed by atoms with van der Waals surface area (Å²) in [5.74, 6) is 1.07. The molecule has 2 atom stereocenters. The maximum atomic E-state index is 12.9. The van der Waals surface area contributed by atoms with E-state index in [-0.39, 0.29) is 42.0 Å². The van der Waals surface area contributed by atoms with Crippen molar-refractivity contribution < 1.29 is 19.4 Å². The van der Waals surface area contributed by atoms with E-state index in [0.29, 0.717) is 18.9 Å². The molecule has 2 aromatic rings. The molecule has 5 heterocycles. The highest BCUT2D eigenvalue weighted by Gasteiger charge is 2.32. The van der Waals surface area contributed by atoms with E-state index in [1.807, 2.05) is 18.3 Å². The van der Waals surface area contributed by atoms with Crippen LogP contribution >= 0.6 is 0 Å². The van der Waals surface area contributed by atoms with Crippen molar-refractivity contribution in [3.63, 3.8) is 0 Å².